The number of hydrogen-bond acceptors (Lipinski definition) is 5. The summed E-state index contributed by atoms with van der Waals surface area (Å²) in [5.74, 6) is -1.33. The van der Waals surface area contributed by atoms with Crippen molar-refractivity contribution in [2.75, 3.05) is 39.4 Å². The smallest absolute Gasteiger partial charge is 0.295 e. The van der Waals surface area contributed by atoms with Gasteiger partial charge in [-0.05, 0) is 43.2 Å². The van der Waals surface area contributed by atoms with Crippen LogP contribution in [0.5, 0.6) is 0 Å². The molecule has 4 rings (SSSR count). The highest BCUT2D eigenvalue weighted by atomic mass is 79.9. The van der Waals surface area contributed by atoms with Crippen molar-refractivity contribution in [2.45, 2.75) is 19.9 Å². The maximum absolute atomic E-state index is 13.2. The molecular weight excluding hydrogens is 472 g/mol. The van der Waals surface area contributed by atoms with Crippen LogP contribution in [0.1, 0.15) is 28.3 Å². The first kappa shape index (κ1) is 22.7. The average molecular weight is 499 g/mol. The third kappa shape index (κ3) is 4.51. The van der Waals surface area contributed by atoms with Crippen LogP contribution in [-0.2, 0) is 14.3 Å². The number of ether oxygens (including phenoxy) is 1. The summed E-state index contributed by atoms with van der Waals surface area (Å²) in [5, 5.41) is 11.3. The molecule has 1 N–H and O–H groups in total. The fourth-order valence-electron chi connectivity index (χ4n) is 4.31. The van der Waals surface area contributed by atoms with Crippen molar-refractivity contribution < 1.29 is 19.4 Å². The second kappa shape index (κ2) is 9.57. The summed E-state index contributed by atoms with van der Waals surface area (Å²) in [6.07, 6.45) is 0. The predicted octanol–water partition coefficient (Wildman–Crippen LogP) is 3.82. The molecule has 1 atom stereocenters. The lowest BCUT2D eigenvalue weighted by molar-refractivity contribution is -0.140. The largest absolute Gasteiger partial charge is 0.507 e. The Morgan fingerprint density at radius 3 is 2.44 bits per heavy atom. The normalized spacial score (nSPS) is 21.3. The Morgan fingerprint density at radius 1 is 1.06 bits per heavy atom. The van der Waals surface area contributed by atoms with E-state index in [-0.39, 0.29) is 11.3 Å². The number of aryl methyl sites for hydroxylation is 2. The third-order valence-corrected chi connectivity index (χ3v) is 6.66. The maximum Gasteiger partial charge on any atom is 0.295 e. The Bertz CT molecular complexity index is 1060. The topological polar surface area (TPSA) is 70.1 Å². The minimum Gasteiger partial charge on any atom is -0.507 e. The second-order valence-corrected chi connectivity index (χ2v) is 9.23. The number of amides is 1. The van der Waals surface area contributed by atoms with Crippen molar-refractivity contribution in [1.82, 2.24) is 9.80 Å². The molecule has 1 unspecified atom stereocenters. The standard InChI is InChI=1S/C25H27BrN2O4/c1-16-3-4-17(2)20(15-16)23(29)21-22(18-5-7-19(26)8-6-18)28(25(31)24(21)30)10-9-27-11-13-32-14-12-27/h3-8,15,22,29H,9-14H2,1-2H3/b23-21+. The Hall–Kier alpha value is -2.48. The molecule has 2 saturated heterocycles. The molecule has 2 aliphatic rings. The first-order valence-electron chi connectivity index (χ1n) is 10.8. The van der Waals surface area contributed by atoms with Crippen LogP contribution in [0.2, 0.25) is 0 Å². The number of aliphatic hydroxyl groups is 1. The lowest BCUT2D eigenvalue weighted by Gasteiger charge is -2.31. The van der Waals surface area contributed by atoms with Crippen LogP contribution >= 0.6 is 15.9 Å². The minimum absolute atomic E-state index is 0.119. The summed E-state index contributed by atoms with van der Waals surface area (Å²) in [6, 6.07) is 12.6. The average Bonchev–Trinajstić information content (AvgIpc) is 3.05. The summed E-state index contributed by atoms with van der Waals surface area (Å²) in [4.78, 5) is 30.1. The summed E-state index contributed by atoms with van der Waals surface area (Å²) < 4.78 is 6.31. The van der Waals surface area contributed by atoms with Gasteiger partial charge in [-0.2, -0.15) is 0 Å². The number of carbonyl (C=O) groups is 2. The van der Waals surface area contributed by atoms with Crippen LogP contribution in [-0.4, -0.2) is 66.0 Å². The number of halogens is 1. The van der Waals surface area contributed by atoms with Gasteiger partial charge in [0.1, 0.15) is 5.76 Å². The van der Waals surface area contributed by atoms with Crippen molar-refractivity contribution in [3.8, 4) is 0 Å². The van der Waals surface area contributed by atoms with E-state index < -0.39 is 17.7 Å². The summed E-state index contributed by atoms with van der Waals surface area (Å²) in [6.45, 7) is 7.80. The van der Waals surface area contributed by atoms with Crippen LogP contribution in [0.25, 0.3) is 5.76 Å². The van der Waals surface area contributed by atoms with E-state index in [1.807, 2.05) is 56.3 Å². The monoisotopic (exact) mass is 498 g/mol. The summed E-state index contributed by atoms with van der Waals surface area (Å²) in [7, 11) is 0. The third-order valence-electron chi connectivity index (χ3n) is 6.13. The van der Waals surface area contributed by atoms with E-state index >= 15 is 0 Å². The number of aliphatic hydroxyl groups excluding tert-OH is 1. The minimum atomic E-state index is -0.640. The van der Waals surface area contributed by atoms with Gasteiger partial charge in [-0.15, -0.1) is 0 Å². The van der Waals surface area contributed by atoms with Gasteiger partial charge in [0.15, 0.2) is 0 Å². The quantitative estimate of drug-likeness (QED) is 0.385. The SMILES string of the molecule is Cc1ccc(C)c(/C(O)=C2\C(=O)C(=O)N(CCN3CCOCC3)C2c2ccc(Br)cc2)c1. The number of ketones is 1. The second-order valence-electron chi connectivity index (χ2n) is 8.32. The van der Waals surface area contributed by atoms with Gasteiger partial charge >= 0.3 is 0 Å². The van der Waals surface area contributed by atoms with Gasteiger partial charge in [-0.1, -0.05) is 45.8 Å². The zero-order valence-electron chi connectivity index (χ0n) is 18.3. The number of benzene rings is 2. The molecule has 2 fully saturated rings. The Morgan fingerprint density at radius 2 is 1.75 bits per heavy atom. The van der Waals surface area contributed by atoms with E-state index in [0.717, 1.165) is 34.3 Å². The van der Waals surface area contributed by atoms with Crippen LogP contribution in [0, 0.1) is 13.8 Å². The van der Waals surface area contributed by atoms with Gasteiger partial charge in [-0.25, -0.2) is 0 Å². The molecule has 0 aromatic heterocycles. The number of hydrogen-bond donors (Lipinski definition) is 1. The molecule has 6 nitrogen and oxygen atoms in total. The van der Waals surface area contributed by atoms with Crippen molar-refractivity contribution in [2.24, 2.45) is 0 Å². The number of rotatable bonds is 5. The molecule has 0 saturated carbocycles. The Balaban J connectivity index is 1.76. The highest BCUT2D eigenvalue weighted by Gasteiger charge is 2.46. The van der Waals surface area contributed by atoms with E-state index in [1.165, 1.54) is 0 Å². The molecule has 32 heavy (non-hydrogen) atoms. The number of Topliss-reactive ketones (excluding diaryl/α,β-unsaturated/α-hetero) is 1. The molecule has 0 radical (unpaired) electrons. The molecule has 7 heteroatoms. The molecule has 0 aliphatic carbocycles. The van der Waals surface area contributed by atoms with Crippen molar-refractivity contribution in [1.29, 1.82) is 0 Å². The summed E-state index contributed by atoms with van der Waals surface area (Å²) in [5.41, 5.74) is 3.34. The lowest BCUT2D eigenvalue weighted by atomic mass is 9.93. The predicted molar refractivity (Wildman–Crippen MR) is 126 cm³/mol. The molecule has 1 amide bonds. The van der Waals surface area contributed by atoms with Gasteiger partial charge in [0.2, 0.25) is 0 Å². The lowest BCUT2D eigenvalue weighted by Crippen LogP contribution is -2.42. The van der Waals surface area contributed by atoms with Crippen LogP contribution in [0.15, 0.2) is 52.5 Å². The number of likely N-dealkylation sites (tertiary alicyclic amines) is 1. The van der Waals surface area contributed by atoms with Crippen LogP contribution in [0.3, 0.4) is 0 Å². The highest BCUT2D eigenvalue weighted by molar-refractivity contribution is 9.10. The molecule has 2 aliphatic heterocycles. The molecular formula is C25H27BrN2O4. The van der Waals surface area contributed by atoms with Gasteiger partial charge in [-0.3, -0.25) is 14.5 Å². The Kier molecular flexibility index (Phi) is 6.79. The number of carbonyl (C=O) groups excluding carboxylic acids is 2. The number of nitrogens with zero attached hydrogens (tertiary/aromatic N) is 2. The molecule has 2 aromatic carbocycles. The highest BCUT2D eigenvalue weighted by Crippen LogP contribution is 2.40. The zero-order valence-corrected chi connectivity index (χ0v) is 19.9. The van der Waals surface area contributed by atoms with Crippen LogP contribution < -0.4 is 0 Å². The van der Waals surface area contributed by atoms with Gasteiger partial charge in [0, 0.05) is 36.2 Å². The van der Waals surface area contributed by atoms with E-state index in [2.05, 4.69) is 20.8 Å². The zero-order chi connectivity index (χ0) is 22.8. The van der Waals surface area contributed by atoms with Gasteiger partial charge < -0.3 is 14.7 Å². The van der Waals surface area contributed by atoms with Gasteiger partial charge in [0.25, 0.3) is 11.7 Å². The van der Waals surface area contributed by atoms with Crippen molar-refractivity contribution >= 4 is 33.4 Å². The first-order valence-corrected chi connectivity index (χ1v) is 11.6. The fourth-order valence-corrected chi connectivity index (χ4v) is 4.58. The molecule has 0 bridgehead atoms. The molecule has 168 valence electrons. The first-order chi connectivity index (χ1) is 15.4. The number of morpholine rings is 1. The van der Waals surface area contributed by atoms with Crippen LogP contribution in [0.4, 0.5) is 0 Å². The van der Waals surface area contributed by atoms with E-state index in [9.17, 15) is 14.7 Å². The van der Waals surface area contributed by atoms with Crippen molar-refractivity contribution in [3.63, 3.8) is 0 Å². The van der Waals surface area contributed by atoms with E-state index in [0.29, 0.717) is 31.9 Å². The summed E-state index contributed by atoms with van der Waals surface area (Å²) >= 11 is 3.45. The molecule has 0 spiro atoms. The molecule has 2 heterocycles. The van der Waals surface area contributed by atoms with Crippen molar-refractivity contribution in [3.05, 3.63) is 74.8 Å². The van der Waals surface area contributed by atoms with E-state index in [1.54, 1.807) is 4.90 Å². The van der Waals surface area contributed by atoms with Gasteiger partial charge in [0.05, 0.1) is 24.8 Å². The van der Waals surface area contributed by atoms with E-state index in [4.69, 9.17) is 4.74 Å². The Labute approximate surface area is 196 Å². The molecule has 2 aromatic rings. The maximum atomic E-state index is 13.2. The fraction of sp³-hybridized carbons (Fsp3) is 0.360.